The molecule has 92 valence electrons. The SMILES string of the molecule is Cc1c(-c2cc(N)on2)c2cc(Cl)ccc2n1C. The van der Waals surface area contributed by atoms with E-state index in [9.17, 15) is 0 Å². The molecule has 2 heterocycles. The molecule has 3 aromatic rings. The van der Waals surface area contributed by atoms with Crippen LogP contribution in [0.15, 0.2) is 28.8 Å². The van der Waals surface area contributed by atoms with Crippen molar-refractivity contribution < 1.29 is 4.52 Å². The second-order valence-electron chi connectivity index (χ2n) is 4.30. The zero-order valence-electron chi connectivity index (χ0n) is 10.1. The van der Waals surface area contributed by atoms with Crippen LogP contribution < -0.4 is 5.73 Å². The maximum atomic E-state index is 6.07. The van der Waals surface area contributed by atoms with E-state index < -0.39 is 0 Å². The molecular weight excluding hydrogens is 250 g/mol. The molecule has 0 radical (unpaired) electrons. The molecule has 0 atom stereocenters. The van der Waals surface area contributed by atoms with E-state index in [4.69, 9.17) is 21.9 Å². The third kappa shape index (κ3) is 1.49. The highest BCUT2D eigenvalue weighted by molar-refractivity contribution is 6.31. The second kappa shape index (κ2) is 3.78. The van der Waals surface area contributed by atoms with E-state index in [0.717, 1.165) is 27.9 Å². The number of anilines is 1. The van der Waals surface area contributed by atoms with Crippen LogP contribution >= 0.6 is 11.6 Å². The summed E-state index contributed by atoms with van der Waals surface area (Å²) in [5.74, 6) is 0.309. The molecule has 0 fully saturated rings. The van der Waals surface area contributed by atoms with Crippen LogP contribution in [0.2, 0.25) is 5.02 Å². The number of nitrogens with two attached hydrogens (primary N) is 1. The zero-order valence-corrected chi connectivity index (χ0v) is 10.8. The molecule has 0 saturated carbocycles. The predicted octanol–water partition coefficient (Wildman–Crippen LogP) is 3.38. The fourth-order valence-corrected chi connectivity index (χ4v) is 2.45. The predicted molar refractivity (Wildman–Crippen MR) is 72.6 cm³/mol. The van der Waals surface area contributed by atoms with Gasteiger partial charge in [0.05, 0.1) is 0 Å². The van der Waals surface area contributed by atoms with Crippen LogP contribution in [0, 0.1) is 6.92 Å². The lowest BCUT2D eigenvalue weighted by atomic mass is 10.1. The third-order valence-corrected chi connectivity index (χ3v) is 3.47. The van der Waals surface area contributed by atoms with Crippen LogP contribution in [0.4, 0.5) is 5.88 Å². The van der Waals surface area contributed by atoms with Gasteiger partial charge in [0.15, 0.2) is 0 Å². The summed E-state index contributed by atoms with van der Waals surface area (Å²) in [6.07, 6.45) is 0. The highest BCUT2D eigenvalue weighted by atomic mass is 35.5. The van der Waals surface area contributed by atoms with Gasteiger partial charge >= 0.3 is 0 Å². The Morgan fingerprint density at radius 2 is 2.11 bits per heavy atom. The van der Waals surface area contributed by atoms with Crippen LogP contribution in [0.1, 0.15) is 5.69 Å². The van der Waals surface area contributed by atoms with Crippen LogP contribution in [0.3, 0.4) is 0 Å². The van der Waals surface area contributed by atoms with Crippen LogP contribution in [-0.4, -0.2) is 9.72 Å². The van der Waals surface area contributed by atoms with Crippen LogP contribution in [0.5, 0.6) is 0 Å². The summed E-state index contributed by atoms with van der Waals surface area (Å²) in [4.78, 5) is 0. The average Bonchev–Trinajstić information content (AvgIpc) is 2.84. The molecule has 18 heavy (non-hydrogen) atoms. The average molecular weight is 262 g/mol. The Morgan fingerprint density at radius 3 is 2.78 bits per heavy atom. The highest BCUT2D eigenvalue weighted by Gasteiger charge is 2.16. The van der Waals surface area contributed by atoms with E-state index in [0.29, 0.717) is 10.9 Å². The number of nitrogen functional groups attached to an aromatic ring is 1. The fourth-order valence-electron chi connectivity index (χ4n) is 2.27. The molecule has 0 bridgehead atoms. The number of benzene rings is 1. The zero-order chi connectivity index (χ0) is 12.9. The summed E-state index contributed by atoms with van der Waals surface area (Å²) in [6, 6.07) is 7.54. The van der Waals surface area contributed by atoms with Crippen molar-refractivity contribution >= 4 is 28.4 Å². The number of nitrogens with zero attached hydrogens (tertiary/aromatic N) is 2. The van der Waals surface area contributed by atoms with Crippen molar-refractivity contribution in [1.29, 1.82) is 0 Å². The normalized spacial score (nSPS) is 11.3. The van der Waals surface area contributed by atoms with Gasteiger partial charge in [-0.2, -0.15) is 0 Å². The van der Waals surface area contributed by atoms with Crippen molar-refractivity contribution in [3.05, 3.63) is 35.0 Å². The van der Waals surface area contributed by atoms with Gasteiger partial charge < -0.3 is 14.8 Å². The summed E-state index contributed by atoms with van der Waals surface area (Å²) in [6.45, 7) is 2.04. The van der Waals surface area contributed by atoms with Crippen molar-refractivity contribution in [3.63, 3.8) is 0 Å². The van der Waals surface area contributed by atoms with Crippen molar-refractivity contribution in [2.24, 2.45) is 7.05 Å². The minimum Gasteiger partial charge on any atom is -0.368 e. The van der Waals surface area contributed by atoms with E-state index in [1.165, 1.54) is 0 Å². The van der Waals surface area contributed by atoms with E-state index in [-0.39, 0.29) is 0 Å². The van der Waals surface area contributed by atoms with E-state index >= 15 is 0 Å². The van der Waals surface area contributed by atoms with Gasteiger partial charge in [-0.15, -0.1) is 0 Å². The van der Waals surface area contributed by atoms with E-state index in [2.05, 4.69) is 9.72 Å². The van der Waals surface area contributed by atoms with Gasteiger partial charge in [-0.25, -0.2) is 0 Å². The first-order valence-corrected chi connectivity index (χ1v) is 5.93. The summed E-state index contributed by atoms with van der Waals surface area (Å²) < 4.78 is 7.05. The molecule has 0 aliphatic carbocycles. The Kier molecular flexibility index (Phi) is 2.35. The molecule has 2 N–H and O–H groups in total. The standard InChI is InChI=1S/C13H12ClN3O/c1-7-13(10-6-12(15)18-16-10)9-5-8(14)3-4-11(9)17(7)2/h3-6H,15H2,1-2H3. The Hall–Kier alpha value is -1.94. The molecule has 2 aromatic heterocycles. The van der Waals surface area contributed by atoms with Crippen molar-refractivity contribution in [2.45, 2.75) is 6.92 Å². The van der Waals surface area contributed by atoms with E-state index in [1.54, 1.807) is 6.07 Å². The minimum atomic E-state index is 0.309. The topological polar surface area (TPSA) is 57.0 Å². The smallest absolute Gasteiger partial charge is 0.222 e. The lowest BCUT2D eigenvalue weighted by Gasteiger charge is -1.98. The number of fused-ring (bicyclic) bond motifs is 1. The number of aryl methyl sites for hydroxylation is 1. The summed E-state index contributed by atoms with van der Waals surface area (Å²) in [5.41, 5.74) is 9.53. The maximum Gasteiger partial charge on any atom is 0.222 e. The molecule has 0 saturated heterocycles. The fraction of sp³-hybridized carbons (Fsp3) is 0.154. The molecule has 0 aliphatic heterocycles. The second-order valence-corrected chi connectivity index (χ2v) is 4.73. The third-order valence-electron chi connectivity index (χ3n) is 3.24. The number of aromatic nitrogens is 2. The molecule has 3 rings (SSSR count). The Balaban J connectivity index is 2.40. The number of halogens is 1. The van der Waals surface area contributed by atoms with Gasteiger partial charge in [0, 0.05) is 40.3 Å². The van der Waals surface area contributed by atoms with Gasteiger partial charge in [0.25, 0.3) is 0 Å². The minimum absolute atomic E-state index is 0.309. The van der Waals surface area contributed by atoms with Gasteiger partial charge in [-0.05, 0) is 25.1 Å². The lowest BCUT2D eigenvalue weighted by molar-refractivity contribution is 0.439. The highest BCUT2D eigenvalue weighted by Crippen LogP contribution is 2.35. The molecule has 0 unspecified atom stereocenters. The van der Waals surface area contributed by atoms with Gasteiger partial charge in [-0.1, -0.05) is 16.8 Å². The van der Waals surface area contributed by atoms with Crippen molar-refractivity contribution in [1.82, 2.24) is 9.72 Å². The van der Waals surface area contributed by atoms with Crippen molar-refractivity contribution in [3.8, 4) is 11.3 Å². The Morgan fingerprint density at radius 1 is 1.33 bits per heavy atom. The Labute approximate surface area is 109 Å². The Bertz CT molecular complexity index is 742. The van der Waals surface area contributed by atoms with Crippen molar-refractivity contribution in [2.75, 3.05) is 5.73 Å². The molecular formula is C13H12ClN3O. The number of rotatable bonds is 1. The summed E-state index contributed by atoms with van der Waals surface area (Å²) in [5, 5.41) is 5.74. The molecule has 5 heteroatoms. The molecule has 4 nitrogen and oxygen atoms in total. The molecule has 0 spiro atoms. The lowest BCUT2D eigenvalue weighted by Crippen LogP contribution is -1.90. The van der Waals surface area contributed by atoms with Crippen LogP contribution in [0.25, 0.3) is 22.2 Å². The molecule has 0 amide bonds. The summed E-state index contributed by atoms with van der Waals surface area (Å²) >= 11 is 6.07. The first kappa shape index (κ1) is 11.2. The number of hydrogen-bond donors (Lipinski definition) is 1. The van der Waals surface area contributed by atoms with Gasteiger partial charge in [0.1, 0.15) is 5.69 Å². The molecule has 0 aliphatic rings. The monoisotopic (exact) mass is 261 g/mol. The first-order chi connectivity index (χ1) is 8.58. The first-order valence-electron chi connectivity index (χ1n) is 5.55. The number of hydrogen-bond acceptors (Lipinski definition) is 3. The maximum absolute atomic E-state index is 6.07. The quantitative estimate of drug-likeness (QED) is 0.731. The van der Waals surface area contributed by atoms with Gasteiger partial charge in [0.2, 0.25) is 5.88 Å². The largest absolute Gasteiger partial charge is 0.368 e. The summed E-state index contributed by atoms with van der Waals surface area (Å²) in [7, 11) is 2.01. The molecule has 1 aromatic carbocycles. The van der Waals surface area contributed by atoms with Crippen LogP contribution in [-0.2, 0) is 7.05 Å². The van der Waals surface area contributed by atoms with E-state index in [1.807, 2.05) is 32.2 Å². The van der Waals surface area contributed by atoms with Gasteiger partial charge in [-0.3, -0.25) is 0 Å².